The van der Waals surface area contributed by atoms with Crippen LogP contribution in [0, 0.1) is 0 Å². The highest BCUT2D eigenvalue weighted by atomic mass is 16.5. The minimum Gasteiger partial charge on any atom is -0.339 e. The highest BCUT2D eigenvalue weighted by Crippen LogP contribution is 2.26. The van der Waals surface area contributed by atoms with E-state index in [1.165, 1.54) is 0 Å². The minimum atomic E-state index is 0.428. The van der Waals surface area contributed by atoms with Gasteiger partial charge in [0.1, 0.15) is 0 Å². The van der Waals surface area contributed by atoms with Gasteiger partial charge in [-0.15, -0.1) is 0 Å². The summed E-state index contributed by atoms with van der Waals surface area (Å²) in [6, 6.07) is 0.598. The number of nitrogens with two attached hydrogens (primary N) is 1. The van der Waals surface area contributed by atoms with Crippen molar-refractivity contribution in [3.63, 3.8) is 0 Å². The van der Waals surface area contributed by atoms with Crippen LogP contribution in [0.25, 0.3) is 0 Å². The van der Waals surface area contributed by atoms with Gasteiger partial charge in [0.05, 0.1) is 0 Å². The second kappa shape index (κ2) is 4.93. The van der Waals surface area contributed by atoms with Gasteiger partial charge in [0, 0.05) is 31.5 Å². The van der Waals surface area contributed by atoms with E-state index in [2.05, 4.69) is 28.9 Å². The molecule has 1 saturated heterocycles. The Morgan fingerprint density at radius 2 is 2.38 bits per heavy atom. The van der Waals surface area contributed by atoms with Crippen LogP contribution in [0.15, 0.2) is 4.52 Å². The molecule has 1 atom stereocenters. The van der Waals surface area contributed by atoms with Crippen LogP contribution in [-0.2, 0) is 6.42 Å². The quantitative estimate of drug-likeness (QED) is 0.818. The van der Waals surface area contributed by atoms with Gasteiger partial charge >= 0.3 is 0 Å². The zero-order valence-electron chi connectivity index (χ0n) is 10.0. The first-order valence-corrected chi connectivity index (χ1v) is 5.97. The zero-order valence-corrected chi connectivity index (χ0v) is 10.0. The highest BCUT2D eigenvalue weighted by Gasteiger charge is 2.28. The first-order chi connectivity index (χ1) is 7.70. The number of hydrogen-bond donors (Lipinski definition) is 1. The Morgan fingerprint density at radius 3 is 3.00 bits per heavy atom. The van der Waals surface area contributed by atoms with Gasteiger partial charge in [-0.25, -0.2) is 0 Å². The molecule has 5 nitrogen and oxygen atoms in total. The Balaban J connectivity index is 1.97. The van der Waals surface area contributed by atoms with Crippen molar-refractivity contribution in [2.75, 3.05) is 19.6 Å². The molecule has 2 heterocycles. The van der Waals surface area contributed by atoms with Crippen LogP contribution >= 0.6 is 0 Å². The Bertz CT molecular complexity index is 336. The zero-order chi connectivity index (χ0) is 11.5. The van der Waals surface area contributed by atoms with Gasteiger partial charge in [-0.05, 0) is 26.8 Å². The molecule has 1 unspecified atom stereocenters. The Kier molecular flexibility index (Phi) is 3.56. The lowest BCUT2D eigenvalue weighted by Crippen LogP contribution is -2.28. The number of nitrogens with zero attached hydrogens (tertiary/aromatic N) is 3. The fourth-order valence-electron chi connectivity index (χ4n) is 2.13. The molecule has 1 fully saturated rings. The largest absolute Gasteiger partial charge is 0.339 e. The van der Waals surface area contributed by atoms with Gasteiger partial charge in [0.15, 0.2) is 5.82 Å². The summed E-state index contributed by atoms with van der Waals surface area (Å²) in [4.78, 5) is 6.84. The number of rotatable bonds is 4. The summed E-state index contributed by atoms with van der Waals surface area (Å²) in [6.45, 7) is 7.17. The van der Waals surface area contributed by atoms with Gasteiger partial charge in [-0.2, -0.15) is 4.98 Å². The van der Waals surface area contributed by atoms with E-state index in [0.29, 0.717) is 30.8 Å². The summed E-state index contributed by atoms with van der Waals surface area (Å²) in [5.74, 6) is 1.95. The van der Waals surface area contributed by atoms with Crippen molar-refractivity contribution in [1.29, 1.82) is 0 Å². The Morgan fingerprint density at radius 1 is 1.56 bits per heavy atom. The van der Waals surface area contributed by atoms with E-state index < -0.39 is 0 Å². The molecule has 0 bridgehead atoms. The molecular weight excluding hydrogens is 204 g/mol. The summed E-state index contributed by atoms with van der Waals surface area (Å²) >= 11 is 0. The van der Waals surface area contributed by atoms with Crippen molar-refractivity contribution < 1.29 is 4.52 Å². The topological polar surface area (TPSA) is 68.2 Å². The number of likely N-dealkylation sites (tertiary alicyclic amines) is 1. The molecule has 1 aliphatic rings. The minimum absolute atomic E-state index is 0.428. The molecule has 1 aromatic heterocycles. The van der Waals surface area contributed by atoms with E-state index in [1.807, 2.05) is 0 Å². The first-order valence-electron chi connectivity index (χ1n) is 5.97. The molecule has 16 heavy (non-hydrogen) atoms. The van der Waals surface area contributed by atoms with Crippen molar-refractivity contribution in [3.8, 4) is 0 Å². The SMILES string of the molecule is CC(C)N1CCC(c2noc(CCN)n2)C1. The standard InChI is InChI=1S/C11H20N4O/c1-8(2)15-6-4-9(7-15)11-13-10(3-5-12)16-14-11/h8-9H,3-7,12H2,1-2H3. The fraction of sp³-hybridized carbons (Fsp3) is 0.818. The van der Waals surface area contributed by atoms with Gasteiger partial charge in [0.25, 0.3) is 0 Å². The van der Waals surface area contributed by atoms with E-state index in [-0.39, 0.29) is 0 Å². The maximum absolute atomic E-state index is 5.45. The molecule has 0 amide bonds. The predicted molar refractivity (Wildman–Crippen MR) is 61.1 cm³/mol. The van der Waals surface area contributed by atoms with Crippen molar-refractivity contribution in [3.05, 3.63) is 11.7 Å². The molecule has 2 N–H and O–H groups in total. The summed E-state index contributed by atoms with van der Waals surface area (Å²) < 4.78 is 5.15. The summed E-state index contributed by atoms with van der Waals surface area (Å²) in [5.41, 5.74) is 5.45. The molecule has 2 rings (SSSR count). The second-order valence-corrected chi connectivity index (χ2v) is 4.66. The van der Waals surface area contributed by atoms with Crippen LogP contribution in [0.3, 0.4) is 0 Å². The van der Waals surface area contributed by atoms with Gasteiger partial charge in [0.2, 0.25) is 5.89 Å². The average Bonchev–Trinajstić information content (AvgIpc) is 2.84. The van der Waals surface area contributed by atoms with Crippen molar-refractivity contribution in [2.45, 2.75) is 38.6 Å². The van der Waals surface area contributed by atoms with Crippen molar-refractivity contribution in [1.82, 2.24) is 15.0 Å². The van der Waals surface area contributed by atoms with Crippen LogP contribution in [0.1, 0.15) is 37.9 Å². The maximum Gasteiger partial charge on any atom is 0.227 e. The molecule has 0 aromatic carbocycles. The molecule has 90 valence electrons. The lowest BCUT2D eigenvalue weighted by atomic mass is 10.1. The third kappa shape index (κ3) is 2.41. The first kappa shape index (κ1) is 11.5. The van der Waals surface area contributed by atoms with E-state index in [0.717, 1.165) is 25.3 Å². The number of aromatic nitrogens is 2. The lowest BCUT2D eigenvalue weighted by molar-refractivity contribution is 0.271. The third-order valence-electron chi connectivity index (χ3n) is 3.16. The average molecular weight is 224 g/mol. The van der Waals surface area contributed by atoms with Crippen LogP contribution in [0.5, 0.6) is 0 Å². The van der Waals surface area contributed by atoms with E-state index in [4.69, 9.17) is 10.3 Å². The molecule has 5 heteroatoms. The van der Waals surface area contributed by atoms with Gasteiger partial charge < -0.3 is 15.2 Å². The van der Waals surface area contributed by atoms with Crippen molar-refractivity contribution >= 4 is 0 Å². The van der Waals surface area contributed by atoms with Gasteiger partial charge in [-0.1, -0.05) is 5.16 Å². The van der Waals surface area contributed by atoms with Crippen LogP contribution in [0.2, 0.25) is 0 Å². The van der Waals surface area contributed by atoms with Crippen LogP contribution < -0.4 is 5.73 Å². The second-order valence-electron chi connectivity index (χ2n) is 4.66. The maximum atomic E-state index is 5.45. The van der Waals surface area contributed by atoms with Crippen LogP contribution in [0.4, 0.5) is 0 Å². The predicted octanol–water partition coefficient (Wildman–Crippen LogP) is 0.769. The van der Waals surface area contributed by atoms with E-state index in [9.17, 15) is 0 Å². The number of hydrogen-bond acceptors (Lipinski definition) is 5. The molecule has 0 saturated carbocycles. The molecular formula is C11H20N4O. The summed E-state index contributed by atoms with van der Waals surface area (Å²) in [5, 5.41) is 4.04. The smallest absolute Gasteiger partial charge is 0.227 e. The van der Waals surface area contributed by atoms with Gasteiger partial charge in [-0.3, -0.25) is 0 Å². The third-order valence-corrected chi connectivity index (χ3v) is 3.16. The van der Waals surface area contributed by atoms with Crippen molar-refractivity contribution in [2.24, 2.45) is 5.73 Å². The Hall–Kier alpha value is -0.940. The lowest BCUT2D eigenvalue weighted by Gasteiger charge is -2.19. The highest BCUT2D eigenvalue weighted by molar-refractivity contribution is 5.00. The Labute approximate surface area is 96.0 Å². The fourth-order valence-corrected chi connectivity index (χ4v) is 2.13. The molecule has 1 aromatic rings. The van der Waals surface area contributed by atoms with Crippen LogP contribution in [-0.4, -0.2) is 40.7 Å². The summed E-state index contributed by atoms with van der Waals surface area (Å²) in [6.07, 6.45) is 1.80. The molecule has 0 radical (unpaired) electrons. The summed E-state index contributed by atoms with van der Waals surface area (Å²) in [7, 11) is 0. The van der Waals surface area contributed by atoms with E-state index >= 15 is 0 Å². The normalized spacial score (nSPS) is 22.1. The molecule has 0 spiro atoms. The molecule has 1 aliphatic heterocycles. The molecule has 0 aliphatic carbocycles. The van der Waals surface area contributed by atoms with E-state index in [1.54, 1.807) is 0 Å². The monoisotopic (exact) mass is 224 g/mol.